The second-order valence-electron chi connectivity index (χ2n) is 18.0. The molecule has 5 aromatic carbocycles. The monoisotopic (exact) mass is 791 g/mol. The number of allylic oxidation sites excluding steroid dienone is 5. The molecule has 0 saturated heterocycles. The second kappa shape index (κ2) is 12.8. The Hall–Kier alpha value is -6.92. The van der Waals surface area contributed by atoms with E-state index in [2.05, 4.69) is 199 Å². The minimum Gasteiger partial charge on any atom is -0.456 e. The zero-order valence-electron chi connectivity index (χ0n) is 34.5. The van der Waals surface area contributed by atoms with Crippen LogP contribution in [-0.4, -0.2) is 28.3 Å². The number of nitrogens with zero attached hydrogens (tertiary/aromatic N) is 5. The molecule has 0 radical (unpaired) electrons. The summed E-state index contributed by atoms with van der Waals surface area (Å²) >= 11 is 0. The number of para-hydroxylation sites is 2. The van der Waals surface area contributed by atoms with Crippen LogP contribution in [0.4, 0.5) is 11.4 Å². The predicted octanol–water partition coefficient (Wildman–Crippen LogP) is 12.7. The fourth-order valence-corrected chi connectivity index (χ4v) is 11.3. The van der Waals surface area contributed by atoms with Crippen molar-refractivity contribution in [1.29, 1.82) is 0 Å². The molecule has 1 fully saturated rings. The van der Waals surface area contributed by atoms with Crippen molar-refractivity contribution in [3.8, 4) is 0 Å². The topological polar surface area (TPSA) is 49.3 Å². The van der Waals surface area contributed by atoms with Crippen LogP contribution in [-0.2, 0) is 11.8 Å². The van der Waals surface area contributed by atoms with E-state index in [9.17, 15) is 0 Å². The van der Waals surface area contributed by atoms with Gasteiger partial charge in [0.2, 0.25) is 5.96 Å². The molecular formula is C55H45N5O. The smallest absolute Gasteiger partial charge is 0.234 e. The van der Waals surface area contributed by atoms with Gasteiger partial charge in [-0.1, -0.05) is 134 Å². The Morgan fingerprint density at radius 3 is 2.51 bits per heavy atom. The van der Waals surface area contributed by atoms with Gasteiger partial charge in [0.25, 0.3) is 0 Å². The maximum absolute atomic E-state index is 6.74. The van der Waals surface area contributed by atoms with E-state index in [-0.39, 0.29) is 17.6 Å². The summed E-state index contributed by atoms with van der Waals surface area (Å²) in [6.07, 6.45) is 18.3. The van der Waals surface area contributed by atoms with Crippen molar-refractivity contribution in [2.45, 2.75) is 44.3 Å². The van der Waals surface area contributed by atoms with Gasteiger partial charge in [-0.3, -0.25) is 4.57 Å². The molecule has 6 nitrogen and oxygen atoms in total. The van der Waals surface area contributed by atoms with Gasteiger partial charge in [-0.05, 0) is 96.2 Å². The molecule has 0 N–H and O–H groups in total. The fraction of sp³-hybridized carbons (Fsp3) is 0.200. The van der Waals surface area contributed by atoms with Gasteiger partial charge >= 0.3 is 0 Å². The van der Waals surface area contributed by atoms with Crippen molar-refractivity contribution in [1.82, 2.24) is 9.47 Å². The first-order valence-corrected chi connectivity index (χ1v) is 21.8. The number of hydrogen-bond donors (Lipinski definition) is 0. The van der Waals surface area contributed by atoms with E-state index in [0.717, 1.165) is 39.9 Å². The van der Waals surface area contributed by atoms with E-state index in [0.29, 0.717) is 23.7 Å². The molecule has 7 aromatic rings. The van der Waals surface area contributed by atoms with Crippen LogP contribution in [0.15, 0.2) is 166 Å². The van der Waals surface area contributed by atoms with Crippen LogP contribution in [0.3, 0.4) is 0 Å². The summed E-state index contributed by atoms with van der Waals surface area (Å²) < 4.78 is 9.17. The summed E-state index contributed by atoms with van der Waals surface area (Å²) in [5.41, 5.74) is 15.1. The van der Waals surface area contributed by atoms with Crippen LogP contribution in [0.5, 0.6) is 0 Å². The van der Waals surface area contributed by atoms with Crippen molar-refractivity contribution in [3.63, 3.8) is 0 Å². The number of hydrogen-bond acceptors (Lipinski definition) is 5. The minimum atomic E-state index is -0.366. The van der Waals surface area contributed by atoms with Gasteiger partial charge < -0.3 is 14.2 Å². The highest BCUT2D eigenvalue weighted by Crippen LogP contribution is 2.60. The summed E-state index contributed by atoms with van der Waals surface area (Å²) in [5.74, 6) is 3.27. The Morgan fingerprint density at radius 2 is 1.64 bits per heavy atom. The molecule has 6 heteroatoms. The molecule has 296 valence electrons. The third kappa shape index (κ3) is 5.02. The molecule has 1 saturated carbocycles. The Labute approximate surface area is 355 Å². The quantitative estimate of drug-likeness (QED) is 0.178. The van der Waals surface area contributed by atoms with E-state index >= 15 is 0 Å². The molecule has 4 aliphatic carbocycles. The maximum atomic E-state index is 6.74. The average Bonchev–Trinajstić information content (AvgIpc) is 3.80. The van der Waals surface area contributed by atoms with Crippen molar-refractivity contribution >= 4 is 62.8 Å². The van der Waals surface area contributed by atoms with Crippen LogP contribution < -0.4 is 4.90 Å². The summed E-state index contributed by atoms with van der Waals surface area (Å²) in [6, 6.07) is 43.6. The lowest BCUT2D eigenvalue weighted by Gasteiger charge is -2.39. The summed E-state index contributed by atoms with van der Waals surface area (Å²) in [5, 5.41) is 2.34. The van der Waals surface area contributed by atoms with Crippen LogP contribution >= 0.6 is 0 Å². The number of fused-ring (bicyclic) bond motifs is 11. The molecule has 13 rings (SSSR count). The Balaban J connectivity index is 1.03. The van der Waals surface area contributed by atoms with Crippen molar-refractivity contribution in [3.05, 3.63) is 196 Å². The van der Waals surface area contributed by atoms with Crippen molar-refractivity contribution in [2.75, 3.05) is 11.9 Å². The van der Waals surface area contributed by atoms with Crippen LogP contribution in [0, 0.1) is 17.8 Å². The normalized spacial score (nSPS) is 25.4. The molecule has 4 heterocycles. The van der Waals surface area contributed by atoms with Crippen LogP contribution in [0.2, 0.25) is 0 Å². The van der Waals surface area contributed by atoms with E-state index < -0.39 is 0 Å². The number of furan rings is 1. The molecular weight excluding hydrogens is 747 g/mol. The van der Waals surface area contributed by atoms with Gasteiger partial charge in [-0.25, -0.2) is 4.99 Å². The van der Waals surface area contributed by atoms with Gasteiger partial charge in [0.15, 0.2) is 6.17 Å². The number of amidine groups is 1. The Morgan fingerprint density at radius 1 is 0.820 bits per heavy atom. The fourth-order valence-electron chi connectivity index (χ4n) is 11.3. The number of aromatic nitrogens is 1. The van der Waals surface area contributed by atoms with E-state index in [1.807, 2.05) is 0 Å². The molecule has 2 aliphatic heterocycles. The number of anilines is 2. The number of benzene rings is 5. The third-order valence-corrected chi connectivity index (χ3v) is 14.3. The SMILES string of the molecule is CC1C=Cc2c(c3c(n2C2=NC(c4ccc5c(c4)oc4cccc(C6=CC=CC7CC67)c45)N(C)C(c4ccccc4)=N2)C2N(c4ccccc4)c4ccccc4C2(C)C=C3)C1. The molecule has 0 bridgehead atoms. The molecule has 0 amide bonds. The second-order valence-corrected chi connectivity index (χ2v) is 18.0. The van der Waals surface area contributed by atoms with Crippen LogP contribution in [0.1, 0.15) is 77.2 Å². The minimum absolute atomic E-state index is 0.0421. The molecule has 2 aromatic heterocycles. The molecule has 6 aliphatic rings. The third-order valence-electron chi connectivity index (χ3n) is 14.3. The zero-order chi connectivity index (χ0) is 40.6. The summed E-state index contributed by atoms with van der Waals surface area (Å²) in [6.45, 7) is 4.73. The van der Waals surface area contributed by atoms with Gasteiger partial charge in [0.05, 0.1) is 17.4 Å². The lowest BCUT2D eigenvalue weighted by atomic mass is 9.72. The maximum Gasteiger partial charge on any atom is 0.234 e. The van der Waals surface area contributed by atoms with Gasteiger partial charge in [-0.15, -0.1) is 0 Å². The first-order valence-electron chi connectivity index (χ1n) is 21.8. The average molecular weight is 792 g/mol. The van der Waals surface area contributed by atoms with Crippen molar-refractivity contribution in [2.24, 2.45) is 27.7 Å². The predicted molar refractivity (Wildman–Crippen MR) is 249 cm³/mol. The first-order chi connectivity index (χ1) is 29.9. The standard InChI is InChI=1S/C55H45N5O/c1-33-24-27-45-43(30-33)40-28-29-55(2)44-21-10-11-22-46(44)59(37-17-8-5-9-18-37)51(55)50(40)60(45)54-56-52(34-14-6-4-7-15-34)58(3)53(57-54)36-25-26-41-48(32-36)61-47-23-13-20-39(49(41)47)38-19-12-16-35-31-42(35)38/h4-29,32-33,35,42,51,53H,30-31H2,1-3H3. The highest BCUT2D eigenvalue weighted by Gasteiger charge is 2.52. The van der Waals surface area contributed by atoms with Gasteiger partial charge in [0, 0.05) is 51.3 Å². The van der Waals surface area contributed by atoms with E-state index in [1.54, 1.807) is 0 Å². The number of aliphatic imine (C=N–C) groups is 2. The van der Waals surface area contributed by atoms with Crippen LogP contribution in [0.25, 0.3) is 39.7 Å². The summed E-state index contributed by atoms with van der Waals surface area (Å²) in [7, 11) is 2.12. The zero-order valence-corrected chi connectivity index (χ0v) is 34.5. The lowest BCUT2D eigenvalue weighted by Crippen LogP contribution is -2.40. The highest BCUT2D eigenvalue weighted by atomic mass is 16.3. The van der Waals surface area contributed by atoms with Crippen molar-refractivity contribution < 1.29 is 4.42 Å². The molecule has 61 heavy (non-hydrogen) atoms. The number of rotatable bonds is 4. The van der Waals surface area contributed by atoms with E-state index in [1.165, 1.54) is 62.4 Å². The molecule has 6 unspecified atom stereocenters. The largest absolute Gasteiger partial charge is 0.456 e. The first kappa shape index (κ1) is 34.9. The molecule has 6 atom stereocenters. The lowest BCUT2D eigenvalue weighted by molar-refractivity contribution is 0.380. The van der Waals surface area contributed by atoms with Gasteiger partial charge in [-0.2, -0.15) is 4.99 Å². The molecule has 0 spiro atoms. The Bertz CT molecular complexity index is 3180. The highest BCUT2D eigenvalue weighted by molar-refractivity contribution is 6.11. The van der Waals surface area contributed by atoms with Gasteiger partial charge in [0.1, 0.15) is 17.0 Å². The summed E-state index contributed by atoms with van der Waals surface area (Å²) in [4.78, 5) is 16.1. The Kier molecular flexibility index (Phi) is 7.32. The van der Waals surface area contributed by atoms with E-state index in [4.69, 9.17) is 14.4 Å².